The first-order valence-corrected chi connectivity index (χ1v) is 11.5. The Kier molecular flexibility index (Phi) is 6.41. The van der Waals surface area contributed by atoms with Crippen LogP contribution in [0.1, 0.15) is 39.5 Å². The molecular formula is C18H23FN4O3S2. The lowest BCUT2D eigenvalue weighted by atomic mass is 9.86. The van der Waals surface area contributed by atoms with E-state index in [0.717, 1.165) is 5.56 Å². The number of carbonyl (C=O) groups is 1. The van der Waals surface area contributed by atoms with Crippen LogP contribution in [0.15, 0.2) is 24.3 Å². The van der Waals surface area contributed by atoms with Gasteiger partial charge in [-0.15, -0.1) is 10.2 Å². The number of sulfonamides is 1. The fraction of sp³-hybridized carbons (Fsp3) is 0.500. The molecule has 0 atom stereocenters. The van der Waals surface area contributed by atoms with E-state index in [1.165, 1.54) is 23.5 Å². The summed E-state index contributed by atoms with van der Waals surface area (Å²) in [4.78, 5) is 12.5. The third kappa shape index (κ3) is 5.12. The van der Waals surface area contributed by atoms with E-state index in [4.69, 9.17) is 0 Å². The molecule has 0 bridgehead atoms. The highest BCUT2D eigenvalue weighted by atomic mass is 32.2. The SMILES string of the molecule is CC(C)S(=O)(=O)N[C@H]1CC[C@H](C(=O)Nc2nnc(-c3ccc(F)cc3)s2)CC1. The zero-order valence-corrected chi connectivity index (χ0v) is 17.3. The number of benzene rings is 1. The summed E-state index contributed by atoms with van der Waals surface area (Å²) in [6, 6.07) is 5.80. The van der Waals surface area contributed by atoms with Gasteiger partial charge >= 0.3 is 0 Å². The first-order chi connectivity index (χ1) is 13.2. The molecule has 10 heteroatoms. The van der Waals surface area contributed by atoms with E-state index in [2.05, 4.69) is 20.2 Å². The van der Waals surface area contributed by atoms with Crippen LogP contribution in [0.4, 0.5) is 9.52 Å². The highest BCUT2D eigenvalue weighted by molar-refractivity contribution is 7.90. The fourth-order valence-corrected chi connectivity index (χ4v) is 4.76. The summed E-state index contributed by atoms with van der Waals surface area (Å²) in [7, 11) is -3.30. The molecule has 0 spiro atoms. The Hall–Kier alpha value is -1.91. The third-order valence-corrected chi connectivity index (χ3v) is 7.59. The van der Waals surface area contributed by atoms with Crippen LogP contribution < -0.4 is 10.0 Å². The molecule has 1 aromatic heterocycles. The maximum absolute atomic E-state index is 13.0. The van der Waals surface area contributed by atoms with Crippen LogP contribution >= 0.6 is 11.3 Å². The number of carbonyl (C=O) groups excluding carboxylic acids is 1. The van der Waals surface area contributed by atoms with Crippen molar-refractivity contribution in [3.63, 3.8) is 0 Å². The number of halogens is 1. The van der Waals surface area contributed by atoms with Gasteiger partial charge in [-0.2, -0.15) is 0 Å². The largest absolute Gasteiger partial charge is 0.300 e. The minimum atomic E-state index is -3.30. The van der Waals surface area contributed by atoms with Gasteiger partial charge < -0.3 is 5.32 Å². The molecule has 1 heterocycles. The minimum Gasteiger partial charge on any atom is -0.300 e. The highest BCUT2D eigenvalue weighted by Crippen LogP contribution is 2.29. The molecule has 1 aliphatic carbocycles. The Bertz CT molecular complexity index is 921. The van der Waals surface area contributed by atoms with Crippen LogP contribution in [0.5, 0.6) is 0 Å². The molecule has 0 saturated heterocycles. The molecule has 1 saturated carbocycles. The standard InChI is InChI=1S/C18H23FN4O3S2/c1-11(2)28(25,26)23-15-9-5-12(6-10-15)16(24)20-18-22-21-17(27-18)13-3-7-14(19)8-4-13/h3-4,7-8,11-12,15,23H,5-6,9-10H2,1-2H3,(H,20,22,24)/t12-,15-. The molecule has 2 aromatic rings. The van der Waals surface area contributed by atoms with Gasteiger partial charge in [0.25, 0.3) is 0 Å². The highest BCUT2D eigenvalue weighted by Gasteiger charge is 2.30. The number of nitrogens with one attached hydrogen (secondary N) is 2. The molecule has 1 aliphatic rings. The summed E-state index contributed by atoms with van der Waals surface area (Å²) >= 11 is 1.23. The first-order valence-electron chi connectivity index (χ1n) is 9.16. The third-order valence-electron chi connectivity index (χ3n) is 4.80. The zero-order valence-electron chi connectivity index (χ0n) is 15.7. The molecule has 1 aromatic carbocycles. The van der Waals surface area contributed by atoms with Crippen LogP contribution in [0, 0.1) is 11.7 Å². The molecular weight excluding hydrogens is 403 g/mol. The second kappa shape index (κ2) is 8.62. The normalized spacial score (nSPS) is 20.3. The van der Waals surface area contributed by atoms with E-state index in [9.17, 15) is 17.6 Å². The summed E-state index contributed by atoms with van der Waals surface area (Å²) in [6.07, 6.45) is 2.48. The fourth-order valence-electron chi connectivity index (χ4n) is 3.03. The number of anilines is 1. The summed E-state index contributed by atoms with van der Waals surface area (Å²) in [6.45, 7) is 3.29. The molecule has 7 nitrogen and oxygen atoms in total. The Morgan fingerprint density at radius 2 is 1.79 bits per heavy atom. The quantitative estimate of drug-likeness (QED) is 0.739. The van der Waals surface area contributed by atoms with Crippen molar-refractivity contribution in [1.82, 2.24) is 14.9 Å². The van der Waals surface area contributed by atoms with Gasteiger partial charge in [0.15, 0.2) is 0 Å². The monoisotopic (exact) mass is 426 g/mol. The number of amides is 1. The molecule has 1 fully saturated rings. The van der Waals surface area contributed by atoms with Crippen molar-refractivity contribution in [1.29, 1.82) is 0 Å². The average Bonchev–Trinajstić information content (AvgIpc) is 3.11. The van der Waals surface area contributed by atoms with Crippen LogP contribution in [0.3, 0.4) is 0 Å². The van der Waals surface area contributed by atoms with Gasteiger partial charge in [0, 0.05) is 17.5 Å². The van der Waals surface area contributed by atoms with Crippen molar-refractivity contribution >= 4 is 32.4 Å². The number of hydrogen-bond acceptors (Lipinski definition) is 6. The zero-order chi connectivity index (χ0) is 20.3. The molecule has 0 radical (unpaired) electrons. The van der Waals surface area contributed by atoms with Crippen LogP contribution in [0.2, 0.25) is 0 Å². The van der Waals surface area contributed by atoms with Gasteiger partial charge in [0.05, 0.1) is 5.25 Å². The van der Waals surface area contributed by atoms with Gasteiger partial charge in [0.1, 0.15) is 10.8 Å². The van der Waals surface area contributed by atoms with Crippen LogP contribution in [0.25, 0.3) is 10.6 Å². The maximum atomic E-state index is 13.0. The maximum Gasteiger partial charge on any atom is 0.229 e. The van der Waals surface area contributed by atoms with Crippen molar-refractivity contribution in [2.45, 2.75) is 50.8 Å². The lowest BCUT2D eigenvalue weighted by Crippen LogP contribution is -2.42. The van der Waals surface area contributed by atoms with E-state index in [-0.39, 0.29) is 23.7 Å². The van der Waals surface area contributed by atoms with Crippen molar-refractivity contribution in [2.75, 3.05) is 5.32 Å². The van der Waals surface area contributed by atoms with Crippen molar-refractivity contribution < 1.29 is 17.6 Å². The lowest BCUT2D eigenvalue weighted by Gasteiger charge is -2.28. The van der Waals surface area contributed by atoms with Crippen molar-refractivity contribution in [2.24, 2.45) is 5.92 Å². The van der Waals surface area contributed by atoms with E-state index >= 15 is 0 Å². The summed E-state index contributed by atoms with van der Waals surface area (Å²) in [5, 5.41) is 11.3. The van der Waals surface area contributed by atoms with E-state index < -0.39 is 15.3 Å². The lowest BCUT2D eigenvalue weighted by molar-refractivity contribution is -0.120. The number of nitrogens with zero attached hydrogens (tertiary/aromatic N) is 2. The minimum absolute atomic E-state index is 0.122. The molecule has 0 unspecified atom stereocenters. The molecule has 2 N–H and O–H groups in total. The Morgan fingerprint density at radius 3 is 2.39 bits per heavy atom. The van der Waals surface area contributed by atoms with Crippen molar-refractivity contribution in [3.8, 4) is 10.6 Å². The second-order valence-corrected chi connectivity index (χ2v) is 10.4. The number of hydrogen-bond donors (Lipinski definition) is 2. The number of aromatic nitrogens is 2. The van der Waals surface area contributed by atoms with Gasteiger partial charge in [-0.25, -0.2) is 17.5 Å². The molecule has 3 rings (SSSR count). The molecule has 0 aliphatic heterocycles. The topological polar surface area (TPSA) is 101 Å². The summed E-state index contributed by atoms with van der Waals surface area (Å²) in [5.74, 6) is -0.641. The molecule has 1 amide bonds. The van der Waals surface area contributed by atoms with Gasteiger partial charge in [-0.05, 0) is 63.8 Å². The predicted octanol–water partition coefficient (Wildman–Crippen LogP) is 3.17. The van der Waals surface area contributed by atoms with Crippen molar-refractivity contribution in [3.05, 3.63) is 30.1 Å². The summed E-state index contributed by atoms with van der Waals surface area (Å²) in [5.41, 5.74) is 0.734. The average molecular weight is 427 g/mol. The van der Waals surface area contributed by atoms with Crippen LogP contribution in [-0.4, -0.2) is 35.8 Å². The van der Waals surface area contributed by atoms with E-state index in [1.807, 2.05) is 0 Å². The van der Waals surface area contributed by atoms with E-state index in [0.29, 0.717) is 35.8 Å². The van der Waals surface area contributed by atoms with Gasteiger partial charge in [-0.1, -0.05) is 11.3 Å². The van der Waals surface area contributed by atoms with E-state index in [1.54, 1.807) is 26.0 Å². The predicted molar refractivity (Wildman–Crippen MR) is 107 cm³/mol. The van der Waals surface area contributed by atoms with Crippen LogP contribution in [-0.2, 0) is 14.8 Å². The smallest absolute Gasteiger partial charge is 0.229 e. The number of rotatable bonds is 6. The summed E-state index contributed by atoms with van der Waals surface area (Å²) < 4.78 is 39.7. The molecule has 28 heavy (non-hydrogen) atoms. The molecule has 152 valence electrons. The Balaban J connectivity index is 1.53. The van der Waals surface area contributed by atoms with Gasteiger partial charge in [0.2, 0.25) is 21.1 Å². The first kappa shape index (κ1) is 20.8. The van der Waals surface area contributed by atoms with Gasteiger partial charge in [-0.3, -0.25) is 4.79 Å². The Morgan fingerprint density at radius 1 is 1.14 bits per heavy atom. The second-order valence-electron chi connectivity index (χ2n) is 7.17. The Labute approximate surface area is 167 Å².